The minimum absolute atomic E-state index is 0.0121. The predicted molar refractivity (Wildman–Crippen MR) is 106 cm³/mol. The number of fused-ring (bicyclic) bond motifs is 1. The van der Waals surface area contributed by atoms with Crippen molar-refractivity contribution in [3.05, 3.63) is 67.1 Å². The Hall–Kier alpha value is -3.16. The van der Waals surface area contributed by atoms with Crippen LogP contribution in [0.3, 0.4) is 0 Å². The van der Waals surface area contributed by atoms with E-state index in [1.165, 1.54) is 14.1 Å². The van der Waals surface area contributed by atoms with Gasteiger partial charge in [0.2, 0.25) is 5.95 Å². The lowest BCUT2D eigenvalue weighted by molar-refractivity contribution is 0.691. The Morgan fingerprint density at radius 2 is 1.52 bits per heavy atom. The molecule has 0 fully saturated rings. The van der Waals surface area contributed by atoms with Gasteiger partial charge >= 0.3 is 5.69 Å². The molecular weight excluding hydrogens is 346 g/mol. The molecular formula is C19H23N5O3. The van der Waals surface area contributed by atoms with Gasteiger partial charge in [-0.25, -0.2) is 9.78 Å². The molecule has 0 spiro atoms. The van der Waals surface area contributed by atoms with Crippen molar-refractivity contribution in [3.63, 3.8) is 0 Å². The third-order valence-electron chi connectivity index (χ3n) is 4.77. The third kappa shape index (κ3) is 3.07. The SMILES string of the molecule is CCN(CC)c1nc2c(=O)n(C)c(=O)n(C)c(=O)c2n1Cc1ccccc1. The van der Waals surface area contributed by atoms with E-state index in [0.29, 0.717) is 25.6 Å². The van der Waals surface area contributed by atoms with Gasteiger partial charge in [-0.15, -0.1) is 0 Å². The Kier molecular flexibility index (Phi) is 4.98. The summed E-state index contributed by atoms with van der Waals surface area (Å²) < 4.78 is 3.62. The van der Waals surface area contributed by atoms with Crippen LogP contribution in [0.4, 0.5) is 5.95 Å². The molecule has 142 valence electrons. The highest BCUT2D eigenvalue weighted by Crippen LogP contribution is 2.20. The van der Waals surface area contributed by atoms with Crippen LogP contribution in [0.5, 0.6) is 0 Å². The Balaban J connectivity index is 2.47. The first-order valence-electron chi connectivity index (χ1n) is 8.90. The van der Waals surface area contributed by atoms with E-state index < -0.39 is 16.8 Å². The van der Waals surface area contributed by atoms with E-state index in [0.717, 1.165) is 14.7 Å². The van der Waals surface area contributed by atoms with E-state index in [1.54, 1.807) is 4.57 Å². The summed E-state index contributed by atoms with van der Waals surface area (Å²) in [5, 5.41) is 0. The van der Waals surface area contributed by atoms with Crippen molar-refractivity contribution in [2.45, 2.75) is 20.4 Å². The largest absolute Gasteiger partial charge is 0.343 e. The number of aromatic nitrogens is 4. The summed E-state index contributed by atoms with van der Waals surface area (Å²) in [6, 6.07) is 9.64. The highest BCUT2D eigenvalue weighted by Gasteiger charge is 2.21. The van der Waals surface area contributed by atoms with Crippen molar-refractivity contribution in [2.24, 2.45) is 14.1 Å². The van der Waals surface area contributed by atoms with E-state index in [9.17, 15) is 14.4 Å². The lowest BCUT2D eigenvalue weighted by Crippen LogP contribution is -2.36. The maximum Gasteiger partial charge on any atom is 0.333 e. The summed E-state index contributed by atoms with van der Waals surface area (Å²) in [5.41, 5.74) is -0.650. The number of hydrogen-bond acceptors (Lipinski definition) is 5. The highest BCUT2D eigenvalue weighted by atomic mass is 16.2. The fraction of sp³-hybridized carbons (Fsp3) is 0.368. The summed E-state index contributed by atoms with van der Waals surface area (Å²) in [5.74, 6) is 0.548. The molecule has 1 aromatic carbocycles. The molecule has 2 aromatic heterocycles. The normalized spacial score (nSPS) is 11.1. The second-order valence-electron chi connectivity index (χ2n) is 6.36. The van der Waals surface area contributed by atoms with Gasteiger partial charge in [0.05, 0.1) is 6.54 Å². The van der Waals surface area contributed by atoms with Gasteiger partial charge in [-0.1, -0.05) is 30.3 Å². The fourth-order valence-corrected chi connectivity index (χ4v) is 3.19. The summed E-state index contributed by atoms with van der Waals surface area (Å²) in [4.78, 5) is 44.6. The van der Waals surface area contributed by atoms with Gasteiger partial charge in [0.1, 0.15) is 5.52 Å². The van der Waals surface area contributed by atoms with Gasteiger partial charge in [0.25, 0.3) is 11.1 Å². The van der Waals surface area contributed by atoms with Crippen LogP contribution in [-0.4, -0.2) is 31.8 Å². The first-order chi connectivity index (χ1) is 12.9. The zero-order chi connectivity index (χ0) is 19.7. The molecule has 0 radical (unpaired) electrons. The molecule has 0 unspecified atom stereocenters. The van der Waals surface area contributed by atoms with Crippen molar-refractivity contribution >= 4 is 17.0 Å². The number of nitrogens with zero attached hydrogens (tertiary/aromatic N) is 5. The highest BCUT2D eigenvalue weighted by molar-refractivity contribution is 5.77. The molecule has 0 bridgehead atoms. The average molecular weight is 369 g/mol. The van der Waals surface area contributed by atoms with Gasteiger partial charge < -0.3 is 9.47 Å². The van der Waals surface area contributed by atoms with E-state index in [-0.39, 0.29) is 11.0 Å². The molecule has 3 aromatic rings. The number of hydrogen-bond donors (Lipinski definition) is 0. The lowest BCUT2D eigenvalue weighted by Gasteiger charge is -2.21. The van der Waals surface area contributed by atoms with Crippen LogP contribution >= 0.6 is 0 Å². The molecule has 3 rings (SSSR count). The minimum atomic E-state index is -0.668. The standard InChI is InChI=1S/C19H23N5O3/c1-5-23(6-2)18-20-14-15(24(18)12-13-10-8-7-9-11-13)17(26)22(4)19(27)21(3)16(14)25/h7-11H,5-6,12H2,1-4H3. The van der Waals surface area contributed by atoms with E-state index in [4.69, 9.17) is 0 Å². The van der Waals surface area contributed by atoms with Crippen LogP contribution in [0.1, 0.15) is 19.4 Å². The molecule has 0 amide bonds. The second kappa shape index (κ2) is 7.22. The Morgan fingerprint density at radius 1 is 0.926 bits per heavy atom. The molecule has 8 heteroatoms. The first-order valence-corrected chi connectivity index (χ1v) is 8.90. The van der Waals surface area contributed by atoms with Gasteiger partial charge in [-0.3, -0.25) is 18.7 Å². The third-order valence-corrected chi connectivity index (χ3v) is 4.77. The van der Waals surface area contributed by atoms with E-state index in [1.807, 2.05) is 49.1 Å². The molecule has 0 N–H and O–H groups in total. The van der Waals surface area contributed by atoms with Crippen LogP contribution in [0.25, 0.3) is 11.0 Å². The number of imidazole rings is 1. The monoisotopic (exact) mass is 369 g/mol. The van der Waals surface area contributed by atoms with E-state index >= 15 is 0 Å². The number of benzene rings is 1. The molecule has 27 heavy (non-hydrogen) atoms. The van der Waals surface area contributed by atoms with Gasteiger partial charge in [0.15, 0.2) is 5.52 Å². The molecule has 0 saturated carbocycles. The van der Waals surface area contributed by atoms with Gasteiger partial charge in [-0.05, 0) is 19.4 Å². The molecule has 0 aliphatic heterocycles. The second-order valence-corrected chi connectivity index (χ2v) is 6.36. The summed E-state index contributed by atoms with van der Waals surface area (Å²) in [6.45, 7) is 5.70. The van der Waals surface area contributed by atoms with E-state index in [2.05, 4.69) is 4.98 Å². The average Bonchev–Trinajstić information content (AvgIpc) is 3.03. The zero-order valence-corrected chi connectivity index (χ0v) is 16.0. The van der Waals surface area contributed by atoms with Crippen molar-refractivity contribution < 1.29 is 0 Å². The zero-order valence-electron chi connectivity index (χ0n) is 16.0. The van der Waals surface area contributed by atoms with Crippen LogP contribution < -0.4 is 21.7 Å². The quantitative estimate of drug-likeness (QED) is 0.661. The molecule has 0 aliphatic rings. The number of rotatable bonds is 5. The minimum Gasteiger partial charge on any atom is -0.343 e. The molecule has 0 atom stereocenters. The fourth-order valence-electron chi connectivity index (χ4n) is 3.19. The lowest BCUT2D eigenvalue weighted by atomic mass is 10.2. The Labute approximate surface area is 155 Å². The van der Waals surface area contributed by atoms with Crippen LogP contribution in [0.2, 0.25) is 0 Å². The van der Waals surface area contributed by atoms with Crippen molar-refractivity contribution in [1.29, 1.82) is 0 Å². The molecule has 8 nitrogen and oxygen atoms in total. The van der Waals surface area contributed by atoms with Crippen LogP contribution in [-0.2, 0) is 20.6 Å². The Bertz CT molecular complexity index is 1150. The smallest absolute Gasteiger partial charge is 0.333 e. The first kappa shape index (κ1) is 18.6. The summed E-state index contributed by atoms with van der Waals surface area (Å²) in [7, 11) is 2.73. The van der Waals surface area contributed by atoms with Crippen LogP contribution in [0, 0.1) is 0 Å². The van der Waals surface area contributed by atoms with Gasteiger partial charge in [-0.2, -0.15) is 0 Å². The van der Waals surface area contributed by atoms with Gasteiger partial charge in [0, 0.05) is 27.2 Å². The number of anilines is 1. The van der Waals surface area contributed by atoms with Crippen molar-refractivity contribution in [3.8, 4) is 0 Å². The van der Waals surface area contributed by atoms with Crippen LogP contribution in [0.15, 0.2) is 44.7 Å². The summed E-state index contributed by atoms with van der Waals surface area (Å²) >= 11 is 0. The summed E-state index contributed by atoms with van der Waals surface area (Å²) in [6.07, 6.45) is 0. The van der Waals surface area contributed by atoms with Crippen molar-refractivity contribution in [2.75, 3.05) is 18.0 Å². The predicted octanol–water partition coefficient (Wildman–Crippen LogP) is 0.688. The maximum absolute atomic E-state index is 13.0. The molecule has 0 saturated heterocycles. The maximum atomic E-state index is 13.0. The Morgan fingerprint density at radius 3 is 2.11 bits per heavy atom. The molecule has 2 heterocycles. The molecule has 0 aliphatic carbocycles. The van der Waals surface area contributed by atoms with Crippen molar-refractivity contribution in [1.82, 2.24) is 18.7 Å². The topological polar surface area (TPSA) is 82.1 Å².